The summed E-state index contributed by atoms with van der Waals surface area (Å²) in [5.74, 6) is -1.78. The quantitative estimate of drug-likeness (QED) is 0.759. The van der Waals surface area contributed by atoms with Crippen molar-refractivity contribution in [1.82, 2.24) is 9.97 Å². The highest BCUT2D eigenvalue weighted by atomic mass is 19.2. The molecule has 1 amide bonds. The van der Waals surface area contributed by atoms with Gasteiger partial charge in [0.2, 0.25) is 0 Å². The molecule has 1 N–H and O–H groups in total. The summed E-state index contributed by atoms with van der Waals surface area (Å²) in [6.07, 6.45) is 3.56. The van der Waals surface area contributed by atoms with Gasteiger partial charge in [-0.3, -0.25) is 4.79 Å². The Morgan fingerprint density at radius 2 is 1.93 bits per heavy atom. The van der Waals surface area contributed by atoms with Crippen molar-refractivity contribution in [2.45, 2.75) is 19.4 Å². The fourth-order valence-electron chi connectivity index (χ4n) is 3.22. The van der Waals surface area contributed by atoms with Crippen LogP contribution in [0.1, 0.15) is 23.0 Å². The normalized spacial score (nSPS) is 15.5. The molecular formula is C20H16F2N4O. The van der Waals surface area contributed by atoms with Crippen molar-refractivity contribution in [3.05, 3.63) is 77.8 Å². The van der Waals surface area contributed by atoms with E-state index in [1.54, 1.807) is 4.90 Å². The van der Waals surface area contributed by atoms with Gasteiger partial charge in [-0.2, -0.15) is 0 Å². The number of rotatable bonds is 3. The second-order valence-corrected chi connectivity index (χ2v) is 6.40. The lowest BCUT2D eigenvalue weighted by atomic mass is 10.1. The molecule has 1 unspecified atom stereocenters. The molecule has 3 aromatic rings. The van der Waals surface area contributed by atoms with Crippen molar-refractivity contribution in [3.8, 4) is 0 Å². The number of para-hydroxylation sites is 1. The Labute approximate surface area is 154 Å². The predicted molar refractivity (Wildman–Crippen MR) is 98.1 cm³/mol. The van der Waals surface area contributed by atoms with Gasteiger partial charge in [0.25, 0.3) is 5.91 Å². The molecule has 4 rings (SSSR count). The second kappa shape index (κ2) is 6.75. The lowest BCUT2D eigenvalue weighted by Gasteiger charge is -2.22. The van der Waals surface area contributed by atoms with E-state index in [1.165, 1.54) is 18.5 Å². The van der Waals surface area contributed by atoms with Gasteiger partial charge in [0.1, 0.15) is 11.5 Å². The van der Waals surface area contributed by atoms with Gasteiger partial charge in [0, 0.05) is 23.5 Å². The molecule has 0 fully saturated rings. The highest BCUT2D eigenvalue weighted by Gasteiger charge is 2.31. The number of carbonyl (C=O) groups is 1. The van der Waals surface area contributed by atoms with E-state index in [2.05, 4.69) is 15.3 Å². The van der Waals surface area contributed by atoms with E-state index in [9.17, 15) is 13.6 Å². The third-order valence-corrected chi connectivity index (χ3v) is 4.49. The van der Waals surface area contributed by atoms with Crippen molar-refractivity contribution >= 4 is 23.1 Å². The molecule has 1 aliphatic rings. The van der Waals surface area contributed by atoms with Crippen LogP contribution in [0.25, 0.3) is 0 Å². The molecule has 2 aromatic carbocycles. The summed E-state index contributed by atoms with van der Waals surface area (Å²) >= 11 is 0. The Bertz CT molecular complexity index is 1010. The lowest BCUT2D eigenvalue weighted by Crippen LogP contribution is -2.36. The van der Waals surface area contributed by atoms with Crippen LogP contribution in [0, 0.1) is 11.6 Å². The summed E-state index contributed by atoms with van der Waals surface area (Å²) in [6, 6.07) is 11.3. The zero-order valence-corrected chi connectivity index (χ0v) is 14.5. The zero-order valence-electron chi connectivity index (χ0n) is 14.5. The first-order valence-corrected chi connectivity index (χ1v) is 8.48. The van der Waals surface area contributed by atoms with E-state index < -0.39 is 11.6 Å². The maximum absolute atomic E-state index is 13.3. The van der Waals surface area contributed by atoms with Crippen molar-refractivity contribution in [1.29, 1.82) is 0 Å². The molecule has 1 atom stereocenters. The molecule has 1 aliphatic heterocycles. The molecule has 0 aliphatic carbocycles. The van der Waals surface area contributed by atoms with Gasteiger partial charge in [0.15, 0.2) is 11.6 Å². The minimum absolute atomic E-state index is 0.0386. The van der Waals surface area contributed by atoms with Gasteiger partial charge < -0.3 is 10.2 Å². The van der Waals surface area contributed by atoms with E-state index in [0.29, 0.717) is 11.5 Å². The lowest BCUT2D eigenvalue weighted by molar-refractivity contribution is 0.0976. The van der Waals surface area contributed by atoms with Crippen LogP contribution in [0.3, 0.4) is 0 Å². The summed E-state index contributed by atoms with van der Waals surface area (Å²) in [5, 5.41) is 2.83. The minimum Gasteiger partial charge on any atom is -0.339 e. The molecule has 136 valence electrons. The molecule has 1 aromatic heterocycles. The maximum Gasteiger partial charge on any atom is 0.278 e. The molecule has 0 bridgehead atoms. The summed E-state index contributed by atoms with van der Waals surface area (Å²) < 4.78 is 26.3. The van der Waals surface area contributed by atoms with Gasteiger partial charge in [-0.05, 0) is 37.1 Å². The summed E-state index contributed by atoms with van der Waals surface area (Å²) in [4.78, 5) is 23.0. The Morgan fingerprint density at radius 3 is 2.67 bits per heavy atom. The molecule has 7 heteroatoms. The number of nitrogens with zero attached hydrogens (tertiary/aromatic N) is 3. The van der Waals surface area contributed by atoms with E-state index in [-0.39, 0.29) is 17.6 Å². The minimum atomic E-state index is -0.957. The van der Waals surface area contributed by atoms with Crippen LogP contribution in [-0.2, 0) is 6.42 Å². The Kier molecular flexibility index (Phi) is 4.27. The summed E-state index contributed by atoms with van der Waals surface area (Å²) in [7, 11) is 0. The SMILES string of the molecule is CC1Cc2ccccc2N1C(=O)c1cnc(Nc2ccc(F)c(F)c2)cn1. The molecule has 27 heavy (non-hydrogen) atoms. The van der Waals surface area contributed by atoms with E-state index in [4.69, 9.17) is 0 Å². The van der Waals surface area contributed by atoms with Crippen molar-refractivity contribution in [2.75, 3.05) is 10.2 Å². The number of hydrogen-bond acceptors (Lipinski definition) is 4. The maximum atomic E-state index is 13.3. The van der Waals surface area contributed by atoms with Gasteiger partial charge >= 0.3 is 0 Å². The fraction of sp³-hybridized carbons (Fsp3) is 0.150. The Balaban J connectivity index is 1.54. The number of hydrogen-bond donors (Lipinski definition) is 1. The van der Waals surface area contributed by atoms with Crippen LogP contribution in [-0.4, -0.2) is 21.9 Å². The number of fused-ring (bicyclic) bond motifs is 1. The number of nitrogens with one attached hydrogen (secondary N) is 1. The van der Waals surface area contributed by atoms with Crippen LogP contribution in [0.5, 0.6) is 0 Å². The molecule has 0 radical (unpaired) electrons. The van der Waals surface area contributed by atoms with E-state index in [0.717, 1.165) is 29.8 Å². The number of halogens is 2. The fourth-order valence-corrected chi connectivity index (χ4v) is 3.22. The first-order chi connectivity index (χ1) is 13.0. The third kappa shape index (κ3) is 3.23. The van der Waals surface area contributed by atoms with Gasteiger partial charge in [-0.15, -0.1) is 0 Å². The third-order valence-electron chi connectivity index (χ3n) is 4.49. The Hall–Kier alpha value is -3.35. The monoisotopic (exact) mass is 366 g/mol. The molecule has 0 spiro atoms. The van der Waals surface area contributed by atoms with Crippen LogP contribution >= 0.6 is 0 Å². The summed E-state index contributed by atoms with van der Waals surface area (Å²) in [5.41, 5.74) is 2.57. The average molecular weight is 366 g/mol. The van der Waals surface area contributed by atoms with Crippen LogP contribution < -0.4 is 10.2 Å². The number of amides is 1. The highest BCUT2D eigenvalue weighted by molar-refractivity contribution is 6.06. The average Bonchev–Trinajstić information content (AvgIpc) is 3.00. The van der Waals surface area contributed by atoms with Crippen LogP contribution in [0.15, 0.2) is 54.9 Å². The molecular weight excluding hydrogens is 350 g/mol. The predicted octanol–water partition coefficient (Wildman–Crippen LogP) is 4.09. The topological polar surface area (TPSA) is 58.1 Å². The number of aromatic nitrogens is 2. The molecule has 0 saturated carbocycles. The van der Waals surface area contributed by atoms with E-state index in [1.807, 2.05) is 31.2 Å². The van der Waals surface area contributed by atoms with Crippen molar-refractivity contribution in [3.63, 3.8) is 0 Å². The first kappa shape index (κ1) is 17.1. The molecule has 2 heterocycles. The summed E-state index contributed by atoms with van der Waals surface area (Å²) in [6.45, 7) is 1.99. The van der Waals surface area contributed by atoms with Crippen molar-refractivity contribution in [2.24, 2.45) is 0 Å². The van der Waals surface area contributed by atoms with Gasteiger partial charge in [0.05, 0.1) is 12.4 Å². The van der Waals surface area contributed by atoms with Crippen LogP contribution in [0.2, 0.25) is 0 Å². The van der Waals surface area contributed by atoms with Gasteiger partial charge in [-0.25, -0.2) is 18.7 Å². The largest absolute Gasteiger partial charge is 0.339 e. The smallest absolute Gasteiger partial charge is 0.278 e. The van der Waals surface area contributed by atoms with E-state index >= 15 is 0 Å². The zero-order chi connectivity index (χ0) is 19.0. The molecule has 0 saturated heterocycles. The van der Waals surface area contributed by atoms with Crippen molar-refractivity contribution < 1.29 is 13.6 Å². The number of anilines is 3. The van der Waals surface area contributed by atoms with Gasteiger partial charge in [-0.1, -0.05) is 18.2 Å². The Morgan fingerprint density at radius 1 is 1.11 bits per heavy atom. The molecule has 5 nitrogen and oxygen atoms in total. The van der Waals surface area contributed by atoms with Crippen LogP contribution in [0.4, 0.5) is 26.0 Å². The first-order valence-electron chi connectivity index (χ1n) is 8.48. The number of benzene rings is 2. The number of carbonyl (C=O) groups excluding carboxylic acids is 1. The highest BCUT2D eigenvalue weighted by Crippen LogP contribution is 2.32. The second-order valence-electron chi connectivity index (χ2n) is 6.40. The standard InChI is InChI=1S/C20H16F2N4O/c1-12-8-13-4-2-3-5-18(13)26(12)20(27)17-10-24-19(11-23-17)25-14-6-7-15(21)16(22)9-14/h2-7,9-12H,8H2,1H3,(H,24,25).